The number of rotatable bonds is 1. The van der Waals surface area contributed by atoms with Crippen molar-refractivity contribution in [3.63, 3.8) is 0 Å². The molecule has 0 saturated carbocycles. The molecular weight excluding hydrogens is 307 g/mol. The summed E-state index contributed by atoms with van der Waals surface area (Å²) in [5.74, 6) is -0.185. The maximum absolute atomic E-state index is 9.89. The van der Waals surface area contributed by atoms with E-state index >= 15 is 0 Å². The van der Waals surface area contributed by atoms with Crippen LogP contribution < -0.4 is 0 Å². The van der Waals surface area contributed by atoms with Crippen LogP contribution in [0.2, 0.25) is 0 Å². The van der Waals surface area contributed by atoms with Crippen molar-refractivity contribution in [3.05, 3.63) is 0 Å². The number of aliphatic hydroxyl groups excluding tert-OH is 1. The molecule has 1 radical (unpaired) electrons. The minimum Gasteiger partial charge on any atom is -0.386 e. The molecule has 0 fully saturated rings. The Morgan fingerprint density at radius 2 is 1.86 bits per heavy atom. The summed E-state index contributed by atoms with van der Waals surface area (Å²) in [5, 5.41) is 8.28. The van der Waals surface area contributed by atoms with Crippen LogP contribution in [-0.2, 0) is 4.79 Å². The predicted molar refractivity (Wildman–Crippen MR) is 22.4 cm³/mol. The van der Waals surface area contributed by atoms with Crippen LogP contribution in [-0.4, -0.2) is 17.0 Å². The molecule has 7 heavy (non-hydrogen) atoms. The van der Waals surface area contributed by atoms with Crippen LogP contribution in [0, 0.1) is 44.1 Å². The minimum absolute atomic E-state index is 0. The Bertz CT molecular complexity index is 60.7. The van der Waals surface area contributed by atoms with E-state index in [2.05, 4.69) is 0 Å². The van der Waals surface area contributed by atoms with Gasteiger partial charge in [-0.25, -0.2) is 0 Å². The molecule has 1 unspecified atom stereocenters. The Kier molecular flexibility index (Phi) is 8.15. The standard InChI is InChI=1S/C4H8O2.Ac/c1-3(5)4(2)6;/h3,5H,1-2H3;. The number of carbonyl (C=O) groups is 1. The summed E-state index contributed by atoms with van der Waals surface area (Å²) in [7, 11) is 0. The van der Waals surface area contributed by atoms with Crippen molar-refractivity contribution >= 4 is 5.78 Å². The van der Waals surface area contributed by atoms with Gasteiger partial charge in [0.15, 0.2) is 5.78 Å². The molecule has 0 bridgehead atoms. The van der Waals surface area contributed by atoms with E-state index in [1.54, 1.807) is 0 Å². The Labute approximate surface area is 78.8 Å². The summed E-state index contributed by atoms with van der Waals surface area (Å²) < 4.78 is 0. The van der Waals surface area contributed by atoms with Gasteiger partial charge in [-0.1, -0.05) is 0 Å². The van der Waals surface area contributed by atoms with Crippen LogP contribution in [0.4, 0.5) is 0 Å². The quantitative estimate of drug-likeness (QED) is 0.737. The zero-order chi connectivity index (χ0) is 5.15. The Hall–Kier alpha value is 1.07. The number of carbonyl (C=O) groups excluding carboxylic acids is 1. The van der Waals surface area contributed by atoms with Crippen LogP contribution in [0.1, 0.15) is 13.8 Å². The minimum atomic E-state index is -0.787. The molecule has 0 saturated heterocycles. The maximum Gasteiger partial charge on any atom is 0.157 e. The normalized spacial score (nSPS) is 11.9. The van der Waals surface area contributed by atoms with E-state index in [0.717, 1.165) is 0 Å². The van der Waals surface area contributed by atoms with Crippen LogP contribution in [0.15, 0.2) is 0 Å². The van der Waals surface area contributed by atoms with Gasteiger partial charge < -0.3 is 5.11 Å². The fraction of sp³-hybridized carbons (Fsp3) is 0.750. The summed E-state index contributed by atoms with van der Waals surface area (Å²) in [5.41, 5.74) is 0. The Morgan fingerprint density at radius 1 is 1.71 bits per heavy atom. The summed E-state index contributed by atoms with van der Waals surface area (Å²) in [6.45, 7) is 2.80. The monoisotopic (exact) mass is 315 g/mol. The third-order valence-corrected chi connectivity index (χ3v) is 0.588. The van der Waals surface area contributed by atoms with Crippen LogP contribution in [0.3, 0.4) is 0 Å². The summed E-state index contributed by atoms with van der Waals surface area (Å²) in [4.78, 5) is 9.89. The number of Topliss-reactive ketones (excluding diaryl/α,β-unsaturated/α-hetero) is 1. The van der Waals surface area contributed by atoms with E-state index < -0.39 is 6.10 Å². The third kappa shape index (κ3) is 7.07. The van der Waals surface area contributed by atoms with Gasteiger partial charge in [0.25, 0.3) is 0 Å². The number of hydrogen-bond donors (Lipinski definition) is 1. The fourth-order valence-corrected chi connectivity index (χ4v) is 0. The second kappa shape index (κ2) is 5.21. The average Bonchev–Trinajstić information content (AvgIpc) is 1.36. The second-order valence-electron chi connectivity index (χ2n) is 1.29. The van der Waals surface area contributed by atoms with Crippen molar-refractivity contribution in [1.29, 1.82) is 0 Å². The first kappa shape index (κ1) is 10.9. The molecule has 0 aromatic heterocycles. The molecule has 0 aromatic carbocycles. The first-order valence-electron chi connectivity index (χ1n) is 1.83. The van der Waals surface area contributed by atoms with Crippen molar-refractivity contribution in [1.82, 2.24) is 0 Å². The van der Waals surface area contributed by atoms with E-state index in [1.807, 2.05) is 0 Å². The van der Waals surface area contributed by atoms with Crippen LogP contribution in [0.5, 0.6) is 0 Å². The van der Waals surface area contributed by atoms with Crippen molar-refractivity contribution in [3.8, 4) is 0 Å². The molecule has 1 atom stereocenters. The average molecular weight is 315 g/mol. The summed E-state index contributed by atoms with van der Waals surface area (Å²) >= 11 is 0. The van der Waals surface area contributed by atoms with E-state index in [1.165, 1.54) is 13.8 Å². The number of aliphatic hydroxyl groups is 1. The summed E-state index contributed by atoms with van der Waals surface area (Å²) in [6, 6.07) is 0. The topological polar surface area (TPSA) is 37.3 Å². The molecule has 0 rings (SSSR count). The molecule has 0 aliphatic carbocycles. The van der Waals surface area contributed by atoms with Gasteiger partial charge in [0.2, 0.25) is 0 Å². The molecule has 0 aliphatic heterocycles. The van der Waals surface area contributed by atoms with Gasteiger partial charge in [-0.15, -0.1) is 0 Å². The third-order valence-electron chi connectivity index (χ3n) is 0.588. The Morgan fingerprint density at radius 3 is 1.86 bits per heavy atom. The molecular formula is C4H8AcO2. The molecule has 2 nitrogen and oxygen atoms in total. The van der Waals surface area contributed by atoms with Gasteiger partial charge in [-0.3, -0.25) is 4.79 Å². The number of ketones is 1. The van der Waals surface area contributed by atoms with Crippen molar-refractivity contribution in [2.75, 3.05) is 0 Å². The number of hydrogen-bond acceptors (Lipinski definition) is 2. The van der Waals surface area contributed by atoms with Crippen LogP contribution in [0.25, 0.3) is 0 Å². The maximum atomic E-state index is 9.89. The molecule has 3 heteroatoms. The van der Waals surface area contributed by atoms with E-state index in [-0.39, 0.29) is 49.8 Å². The van der Waals surface area contributed by atoms with E-state index in [4.69, 9.17) is 5.11 Å². The second-order valence-corrected chi connectivity index (χ2v) is 1.29. The van der Waals surface area contributed by atoms with Crippen LogP contribution >= 0.6 is 0 Å². The molecule has 39 valence electrons. The van der Waals surface area contributed by atoms with E-state index in [9.17, 15) is 4.79 Å². The molecule has 0 heterocycles. The van der Waals surface area contributed by atoms with Gasteiger partial charge in [0, 0.05) is 44.1 Å². The SMILES string of the molecule is CC(=O)C(C)O.[Ac]. The van der Waals surface area contributed by atoms with Crippen molar-refractivity contribution in [2.24, 2.45) is 0 Å². The summed E-state index contributed by atoms with van der Waals surface area (Å²) in [6.07, 6.45) is -0.787. The van der Waals surface area contributed by atoms with Gasteiger partial charge in [0.1, 0.15) is 6.10 Å². The van der Waals surface area contributed by atoms with Gasteiger partial charge in [-0.05, 0) is 13.8 Å². The molecule has 0 aliphatic rings. The first-order valence-corrected chi connectivity index (χ1v) is 1.83. The van der Waals surface area contributed by atoms with Gasteiger partial charge in [-0.2, -0.15) is 0 Å². The fourth-order valence-electron chi connectivity index (χ4n) is 0. The van der Waals surface area contributed by atoms with E-state index in [0.29, 0.717) is 0 Å². The van der Waals surface area contributed by atoms with Gasteiger partial charge >= 0.3 is 0 Å². The smallest absolute Gasteiger partial charge is 0.157 e. The van der Waals surface area contributed by atoms with Crippen molar-refractivity contribution < 1.29 is 54.0 Å². The zero-order valence-corrected chi connectivity index (χ0v) is 9.26. The Balaban J connectivity index is 0. The molecule has 1 N–H and O–H groups in total. The largest absolute Gasteiger partial charge is 0.386 e. The molecule has 0 spiro atoms. The zero-order valence-electron chi connectivity index (χ0n) is 4.51. The first-order chi connectivity index (χ1) is 2.64. The van der Waals surface area contributed by atoms with Gasteiger partial charge in [0.05, 0.1) is 0 Å². The predicted octanol–water partition coefficient (Wildman–Crippen LogP) is -0.0438. The van der Waals surface area contributed by atoms with Crippen molar-refractivity contribution in [2.45, 2.75) is 20.0 Å². The molecule has 0 aromatic rings. The molecule has 0 amide bonds.